The van der Waals surface area contributed by atoms with Crippen LogP contribution in [-0.4, -0.2) is 44.1 Å². The molecule has 0 aromatic carbocycles. The van der Waals surface area contributed by atoms with E-state index in [-0.39, 0.29) is 19.0 Å². The van der Waals surface area contributed by atoms with Crippen LogP contribution in [0.5, 0.6) is 0 Å². The summed E-state index contributed by atoms with van der Waals surface area (Å²) in [6.45, 7) is 3.50. The van der Waals surface area contributed by atoms with Crippen molar-refractivity contribution in [1.29, 1.82) is 5.26 Å². The molecular formula is C10H16N2O4S. The number of hydrogen-bond donors (Lipinski definition) is 0. The normalized spacial score (nSPS) is 27.4. The van der Waals surface area contributed by atoms with E-state index < -0.39 is 27.2 Å². The van der Waals surface area contributed by atoms with E-state index in [2.05, 4.69) is 4.74 Å². The van der Waals surface area contributed by atoms with Crippen LogP contribution in [0.25, 0.3) is 0 Å². The molecule has 1 aliphatic heterocycles. The minimum atomic E-state index is -3.63. The third-order valence-corrected chi connectivity index (χ3v) is 5.09. The van der Waals surface area contributed by atoms with Gasteiger partial charge in [0.15, 0.2) is 5.25 Å². The van der Waals surface area contributed by atoms with Gasteiger partial charge in [-0.2, -0.15) is 9.57 Å². The molecule has 0 aliphatic carbocycles. The Kier molecular flexibility index (Phi) is 4.11. The molecule has 0 saturated carbocycles. The van der Waals surface area contributed by atoms with Crippen LogP contribution in [-0.2, 0) is 19.6 Å². The van der Waals surface area contributed by atoms with Crippen LogP contribution in [0.4, 0.5) is 0 Å². The largest absolute Gasteiger partial charge is 0.469 e. The van der Waals surface area contributed by atoms with Gasteiger partial charge < -0.3 is 4.74 Å². The number of nitriles is 1. The summed E-state index contributed by atoms with van der Waals surface area (Å²) in [5.41, 5.74) is 0. The smallest absolute Gasteiger partial charge is 0.310 e. The second kappa shape index (κ2) is 5.02. The minimum Gasteiger partial charge on any atom is -0.469 e. The molecule has 7 heteroatoms. The minimum absolute atomic E-state index is 0.0943. The Morgan fingerprint density at radius 2 is 2.12 bits per heavy atom. The molecule has 0 radical (unpaired) electrons. The van der Waals surface area contributed by atoms with E-state index in [1.807, 2.05) is 0 Å². The average molecular weight is 260 g/mol. The highest BCUT2D eigenvalue weighted by atomic mass is 32.2. The van der Waals surface area contributed by atoms with Crippen LogP contribution in [0, 0.1) is 23.2 Å². The lowest BCUT2D eigenvalue weighted by atomic mass is 9.99. The van der Waals surface area contributed by atoms with Crippen LogP contribution in [0.3, 0.4) is 0 Å². The Labute approximate surface area is 101 Å². The summed E-state index contributed by atoms with van der Waals surface area (Å²) < 4.78 is 29.7. The van der Waals surface area contributed by atoms with Crippen LogP contribution in [0.15, 0.2) is 0 Å². The third kappa shape index (κ3) is 2.58. The molecule has 3 atom stereocenters. The molecule has 6 nitrogen and oxygen atoms in total. The first kappa shape index (κ1) is 13.9. The first-order chi connectivity index (χ1) is 7.84. The highest BCUT2D eigenvalue weighted by molar-refractivity contribution is 7.89. The Morgan fingerprint density at radius 3 is 2.59 bits per heavy atom. The van der Waals surface area contributed by atoms with Crippen molar-refractivity contribution in [1.82, 2.24) is 4.31 Å². The van der Waals surface area contributed by atoms with Gasteiger partial charge in [0.05, 0.1) is 19.1 Å². The van der Waals surface area contributed by atoms with E-state index in [1.165, 1.54) is 18.3 Å². The fraction of sp³-hybridized carbons (Fsp3) is 0.800. The zero-order valence-corrected chi connectivity index (χ0v) is 10.9. The SMILES string of the molecule is COC(=O)C1CN(S(=O)(=O)C(C)C#N)CC1C. The molecule has 96 valence electrons. The molecule has 1 fully saturated rings. The molecule has 1 saturated heterocycles. The van der Waals surface area contributed by atoms with E-state index in [4.69, 9.17) is 5.26 Å². The zero-order valence-electron chi connectivity index (χ0n) is 10.1. The number of methoxy groups -OCH3 is 1. The van der Waals surface area contributed by atoms with Crippen LogP contribution in [0.2, 0.25) is 0 Å². The monoisotopic (exact) mass is 260 g/mol. The molecule has 0 amide bonds. The van der Waals surface area contributed by atoms with Gasteiger partial charge >= 0.3 is 5.97 Å². The highest BCUT2D eigenvalue weighted by Crippen LogP contribution is 2.27. The summed E-state index contributed by atoms with van der Waals surface area (Å²) >= 11 is 0. The number of hydrogen-bond acceptors (Lipinski definition) is 5. The van der Waals surface area contributed by atoms with Gasteiger partial charge in [-0.05, 0) is 12.8 Å². The third-order valence-electron chi connectivity index (χ3n) is 3.07. The number of esters is 1. The van der Waals surface area contributed by atoms with Gasteiger partial charge in [0.1, 0.15) is 0 Å². The lowest BCUT2D eigenvalue weighted by Gasteiger charge is -2.17. The molecular weight excluding hydrogens is 244 g/mol. The Hall–Kier alpha value is -1.13. The lowest BCUT2D eigenvalue weighted by molar-refractivity contribution is -0.145. The number of ether oxygens (including phenoxy) is 1. The predicted octanol–water partition coefficient (Wildman–Crippen LogP) is -0.0308. The first-order valence-electron chi connectivity index (χ1n) is 5.31. The molecule has 17 heavy (non-hydrogen) atoms. The number of sulfonamides is 1. The summed E-state index contributed by atoms with van der Waals surface area (Å²) in [7, 11) is -2.35. The zero-order chi connectivity index (χ0) is 13.2. The highest BCUT2D eigenvalue weighted by Gasteiger charge is 2.42. The Balaban J connectivity index is 2.87. The van der Waals surface area contributed by atoms with Crippen molar-refractivity contribution >= 4 is 16.0 Å². The topological polar surface area (TPSA) is 87.5 Å². The number of carbonyl (C=O) groups is 1. The fourth-order valence-electron chi connectivity index (χ4n) is 1.88. The van der Waals surface area contributed by atoms with Crippen molar-refractivity contribution in [2.45, 2.75) is 19.1 Å². The van der Waals surface area contributed by atoms with Crippen LogP contribution >= 0.6 is 0 Å². The van der Waals surface area contributed by atoms with E-state index in [9.17, 15) is 13.2 Å². The van der Waals surface area contributed by atoms with E-state index in [0.717, 1.165) is 0 Å². The molecule has 1 heterocycles. The van der Waals surface area contributed by atoms with Gasteiger partial charge in [-0.15, -0.1) is 0 Å². The van der Waals surface area contributed by atoms with Crippen molar-refractivity contribution in [3.63, 3.8) is 0 Å². The lowest BCUT2D eigenvalue weighted by Crippen LogP contribution is -2.36. The predicted molar refractivity (Wildman–Crippen MR) is 60.2 cm³/mol. The molecule has 0 spiro atoms. The average Bonchev–Trinajstić information content (AvgIpc) is 2.69. The van der Waals surface area contributed by atoms with Gasteiger partial charge in [-0.25, -0.2) is 8.42 Å². The fourth-order valence-corrected chi connectivity index (χ4v) is 3.27. The van der Waals surface area contributed by atoms with Gasteiger partial charge in [-0.3, -0.25) is 4.79 Å². The van der Waals surface area contributed by atoms with Crippen molar-refractivity contribution in [3.8, 4) is 6.07 Å². The Bertz CT molecular complexity index is 440. The molecule has 1 aliphatic rings. The van der Waals surface area contributed by atoms with Gasteiger partial charge in [-0.1, -0.05) is 6.92 Å². The van der Waals surface area contributed by atoms with E-state index in [0.29, 0.717) is 0 Å². The summed E-state index contributed by atoms with van der Waals surface area (Å²) in [5, 5.41) is 7.58. The van der Waals surface area contributed by atoms with Crippen molar-refractivity contribution in [3.05, 3.63) is 0 Å². The van der Waals surface area contributed by atoms with Crippen molar-refractivity contribution in [2.75, 3.05) is 20.2 Å². The molecule has 0 bridgehead atoms. The van der Waals surface area contributed by atoms with Gasteiger partial charge in [0.2, 0.25) is 10.0 Å². The maximum Gasteiger partial charge on any atom is 0.310 e. The van der Waals surface area contributed by atoms with Crippen LogP contribution in [0.1, 0.15) is 13.8 Å². The van der Waals surface area contributed by atoms with Crippen molar-refractivity contribution < 1.29 is 17.9 Å². The summed E-state index contributed by atoms with van der Waals surface area (Å²) in [6.07, 6.45) is 0. The standard InChI is InChI=1S/C10H16N2O4S/c1-7-5-12(6-9(7)10(13)16-3)17(14,15)8(2)4-11/h7-9H,5-6H2,1-3H3. The van der Waals surface area contributed by atoms with Crippen molar-refractivity contribution in [2.24, 2.45) is 11.8 Å². The maximum atomic E-state index is 11.9. The molecule has 0 N–H and O–H groups in total. The maximum absolute atomic E-state index is 11.9. The van der Waals surface area contributed by atoms with Gasteiger partial charge in [0, 0.05) is 13.1 Å². The van der Waals surface area contributed by atoms with E-state index >= 15 is 0 Å². The summed E-state index contributed by atoms with van der Waals surface area (Å²) in [6, 6.07) is 1.71. The molecule has 0 aromatic rings. The Morgan fingerprint density at radius 1 is 1.53 bits per heavy atom. The molecule has 1 rings (SSSR count). The number of rotatable bonds is 3. The first-order valence-corrected chi connectivity index (χ1v) is 6.81. The van der Waals surface area contributed by atoms with Gasteiger partial charge in [0.25, 0.3) is 0 Å². The van der Waals surface area contributed by atoms with Crippen LogP contribution < -0.4 is 0 Å². The molecule has 0 aromatic heterocycles. The van der Waals surface area contributed by atoms with E-state index in [1.54, 1.807) is 13.0 Å². The summed E-state index contributed by atoms with van der Waals surface area (Å²) in [4.78, 5) is 11.4. The quantitative estimate of drug-likeness (QED) is 0.665. The second-order valence-electron chi connectivity index (χ2n) is 4.24. The second-order valence-corrected chi connectivity index (χ2v) is 6.49. The molecule has 3 unspecified atom stereocenters. The summed E-state index contributed by atoms with van der Waals surface area (Å²) in [5.74, 6) is -0.941. The number of carbonyl (C=O) groups excluding carboxylic acids is 1. The number of nitrogens with zero attached hydrogens (tertiary/aromatic N) is 2.